The van der Waals surface area contributed by atoms with Gasteiger partial charge in [-0.2, -0.15) is 0 Å². The number of nitrogens with zero attached hydrogens (tertiary/aromatic N) is 1. The molecule has 4 heteroatoms. The zero-order valence-electron chi connectivity index (χ0n) is 12.9. The smallest absolute Gasteiger partial charge is 0.120 e. The third-order valence-corrected chi connectivity index (χ3v) is 5.16. The fraction of sp³-hybridized carbons (Fsp3) is 0.765. The van der Waals surface area contributed by atoms with E-state index in [0.717, 1.165) is 43.8 Å². The van der Waals surface area contributed by atoms with Crippen molar-refractivity contribution in [2.75, 3.05) is 13.2 Å². The van der Waals surface area contributed by atoms with E-state index >= 15 is 0 Å². The minimum Gasteiger partial charge on any atom is -0.463 e. The highest BCUT2D eigenvalue weighted by Crippen LogP contribution is 2.31. The van der Waals surface area contributed by atoms with E-state index in [4.69, 9.17) is 9.15 Å². The van der Waals surface area contributed by atoms with Crippen LogP contribution in [0.3, 0.4) is 0 Å². The Morgan fingerprint density at radius 3 is 3.05 bits per heavy atom. The molecule has 4 rings (SSSR count). The van der Waals surface area contributed by atoms with Crippen molar-refractivity contribution in [2.24, 2.45) is 0 Å². The summed E-state index contributed by atoms with van der Waals surface area (Å²) in [6.07, 6.45) is 6.92. The SMILES string of the molecule is Cc1cc(CN2CCOC3CCCC32)oc1CNC1CC1. The van der Waals surface area contributed by atoms with Crippen LogP contribution in [-0.2, 0) is 17.8 Å². The Labute approximate surface area is 126 Å². The Hall–Kier alpha value is -0.840. The maximum absolute atomic E-state index is 6.10. The first-order valence-corrected chi connectivity index (χ1v) is 8.47. The first-order valence-electron chi connectivity index (χ1n) is 8.47. The van der Waals surface area contributed by atoms with Crippen LogP contribution in [0.2, 0.25) is 0 Å². The van der Waals surface area contributed by atoms with Gasteiger partial charge in [0.25, 0.3) is 0 Å². The van der Waals surface area contributed by atoms with Crippen molar-refractivity contribution in [1.82, 2.24) is 10.2 Å². The quantitative estimate of drug-likeness (QED) is 0.904. The van der Waals surface area contributed by atoms with Gasteiger partial charge in [0.1, 0.15) is 11.5 Å². The van der Waals surface area contributed by atoms with Crippen LogP contribution in [0.1, 0.15) is 49.2 Å². The zero-order chi connectivity index (χ0) is 14.2. The number of fused-ring (bicyclic) bond motifs is 1. The van der Waals surface area contributed by atoms with Gasteiger partial charge in [0, 0.05) is 18.6 Å². The molecule has 0 aromatic carbocycles. The van der Waals surface area contributed by atoms with Gasteiger partial charge in [0.15, 0.2) is 0 Å². The monoisotopic (exact) mass is 290 g/mol. The average molecular weight is 290 g/mol. The summed E-state index contributed by atoms with van der Waals surface area (Å²) in [6, 6.07) is 3.57. The number of ether oxygens (including phenoxy) is 1. The zero-order valence-corrected chi connectivity index (χ0v) is 12.9. The summed E-state index contributed by atoms with van der Waals surface area (Å²) in [7, 11) is 0. The third kappa shape index (κ3) is 3.03. The van der Waals surface area contributed by atoms with Crippen molar-refractivity contribution >= 4 is 0 Å². The van der Waals surface area contributed by atoms with E-state index in [9.17, 15) is 0 Å². The van der Waals surface area contributed by atoms with Gasteiger partial charge in [0.05, 0.1) is 25.8 Å². The molecule has 2 heterocycles. The van der Waals surface area contributed by atoms with Crippen molar-refractivity contribution in [3.8, 4) is 0 Å². The van der Waals surface area contributed by atoms with Crippen LogP contribution < -0.4 is 5.32 Å². The maximum Gasteiger partial charge on any atom is 0.120 e. The fourth-order valence-corrected chi connectivity index (χ4v) is 3.77. The molecule has 0 radical (unpaired) electrons. The maximum atomic E-state index is 6.10. The highest BCUT2D eigenvalue weighted by molar-refractivity contribution is 5.20. The Kier molecular flexibility index (Phi) is 3.78. The Morgan fingerprint density at radius 1 is 1.29 bits per heavy atom. The van der Waals surface area contributed by atoms with E-state index in [1.54, 1.807) is 0 Å². The fourth-order valence-electron chi connectivity index (χ4n) is 3.77. The summed E-state index contributed by atoms with van der Waals surface area (Å²) in [5.41, 5.74) is 1.29. The summed E-state index contributed by atoms with van der Waals surface area (Å²) in [6.45, 7) is 5.89. The number of aryl methyl sites for hydroxylation is 1. The van der Waals surface area contributed by atoms with E-state index < -0.39 is 0 Å². The molecular formula is C17H26N2O2. The molecule has 1 aromatic heterocycles. The van der Waals surface area contributed by atoms with Crippen LogP contribution in [0.5, 0.6) is 0 Å². The van der Waals surface area contributed by atoms with E-state index in [1.807, 2.05) is 0 Å². The molecule has 0 bridgehead atoms. The second-order valence-corrected chi connectivity index (χ2v) is 6.85. The normalized spacial score (nSPS) is 29.8. The lowest BCUT2D eigenvalue weighted by Crippen LogP contribution is -2.47. The van der Waals surface area contributed by atoms with Crippen LogP contribution in [0.25, 0.3) is 0 Å². The third-order valence-electron chi connectivity index (χ3n) is 5.16. The largest absolute Gasteiger partial charge is 0.463 e. The Bertz CT molecular complexity index is 495. The van der Waals surface area contributed by atoms with E-state index in [-0.39, 0.29) is 0 Å². The number of nitrogens with one attached hydrogen (secondary N) is 1. The summed E-state index contributed by atoms with van der Waals surface area (Å²) < 4.78 is 12.0. The Balaban J connectivity index is 1.40. The lowest BCUT2D eigenvalue weighted by Gasteiger charge is -2.37. The lowest BCUT2D eigenvalue weighted by atomic mass is 10.1. The Morgan fingerprint density at radius 2 is 2.19 bits per heavy atom. The second-order valence-electron chi connectivity index (χ2n) is 6.85. The highest BCUT2D eigenvalue weighted by Gasteiger charge is 2.36. The van der Waals surface area contributed by atoms with E-state index in [1.165, 1.54) is 37.7 Å². The van der Waals surface area contributed by atoms with Crippen molar-refractivity contribution in [3.63, 3.8) is 0 Å². The molecule has 3 fully saturated rings. The number of rotatable bonds is 5. The van der Waals surface area contributed by atoms with Gasteiger partial charge in [-0.25, -0.2) is 0 Å². The molecule has 0 amide bonds. The van der Waals surface area contributed by atoms with Crippen molar-refractivity contribution < 1.29 is 9.15 Å². The molecule has 1 aliphatic heterocycles. The van der Waals surface area contributed by atoms with Gasteiger partial charge in [-0.1, -0.05) is 0 Å². The number of morpholine rings is 1. The molecule has 4 nitrogen and oxygen atoms in total. The average Bonchev–Trinajstić information content (AvgIpc) is 3.05. The number of hydrogen-bond acceptors (Lipinski definition) is 4. The van der Waals surface area contributed by atoms with Crippen LogP contribution in [0, 0.1) is 6.92 Å². The van der Waals surface area contributed by atoms with Crippen LogP contribution in [0.15, 0.2) is 10.5 Å². The summed E-state index contributed by atoms with van der Waals surface area (Å²) in [4.78, 5) is 2.57. The molecule has 116 valence electrons. The summed E-state index contributed by atoms with van der Waals surface area (Å²) >= 11 is 0. The van der Waals surface area contributed by atoms with Crippen LogP contribution in [-0.4, -0.2) is 36.2 Å². The highest BCUT2D eigenvalue weighted by atomic mass is 16.5. The molecule has 1 aromatic rings. The van der Waals surface area contributed by atoms with Crippen LogP contribution >= 0.6 is 0 Å². The molecule has 2 aliphatic carbocycles. The van der Waals surface area contributed by atoms with Gasteiger partial charge in [-0.05, 0) is 50.7 Å². The molecule has 0 spiro atoms. The molecule has 1 saturated heterocycles. The van der Waals surface area contributed by atoms with Crippen molar-refractivity contribution in [3.05, 3.63) is 23.2 Å². The molecule has 2 saturated carbocycles. The number of hydrogen-bond donors (Lipinski definition) is 1. The standard InChI is InChI=1S/C17H26N2O2/c1-12-9-14(21-17(12)10-18-13-5-6-13)11-19-7-8-20-16-4-2-3-15(16)19/h9,13,15-16,18H,2-8,10-11H2,1H3. The summed E-state index contributed by atoms with van der Waals surface area (Å²) in [5, 5.41) is 3.54. The van der Waals surface area contributed by atoms with E-state index in [0.29, 0.717) is 12.1 Å². The van der Waals surface area contributed by atoms with Crippen molar-refractivity contribution in [1.29, 1.82) is 0 Å². The van der Waals surface area contributed by atoms with Crippen molar-refractivity contribution in [2.45, 2.75) is 70.3 Å². The van der Waals surface area contributed by atoms with Gasteiger partial charge in [-0.15, -0.1) is 0 Å². The van der Waals surface area contributed by atoms with Crippen LogP contribution in [0.4, 0.5) is 0 Å². The molecule has 1 N–H and O–H groups in total. The predicted octanol–water partition coefficient (Wildman–Crippen LogP) is 2.59. The molecular weight excluding hydrogens is 264 g/mol. The summed E-state index contributed by atoms with van der Waals surface area (Å²) in [5.74, 6) is 2.24. The van der Waals surface area contributed by atoms with Gasteiger partial charge in [0.2, 0.25) is 0 Å². The number of furan rings is 1. The van der Waals surface area contributed by atoms with Gasteiger partial charge >= 0.3 is 0 Å². The molecule has 3 aliphatic rings. The van der Waals surface area contributed by atoms with E-state index in [2.05, 4.69) is 23.2 Å². The van der Waals surface area contributed by atoms with Gasteiger partial charge in [-0.3, -0.25) is 4.90 Å². The first kappa shape index (κ1) is 13.8. The molecule has 21 heavy (non-hydrogen) atoms. The first-order chi connectivity index (χ1) is 10.3. The second kappa shape index (κ2) is 5.75. The molecule has 2 atom stereocenters. The lowest BCUT2D eigenvalue weighted by molar-refractivity contribution is -0.0607. The van der Waals surface area contributed by atoms with Gasteiger partial charge < -0.3 is 14.5 Å². The minimum absolute atomic E-state index is 0.464. The molecule has 2 unspecified atom stereocenters. The topological polar surface area (TPSA) is 37.6 Å². The predicted molar refractivity (Wildman–Crippen MR) is 81.1 cm³/mol. The minimum atomic E-state index is 0.464.